The van der Waals surface area contributed by atoms with E-state index in [1.165, 1.54) is 22.2 Å². The summed E-state index contributed by atoms with van der Waals surface area (Å²) >= 11 is 0. The molecule has 0 saturated heterocycles. The number of rotatable bonds is 5. The molecule has 114 valence electrons. The molecule has 0 fully saturated rings. The van der Waals surface area contributed by atoms with Crippen LogP contribution in [0.25, 0.3) is 10.9 Å². The molecule has 3 rings (SSSR count). The van der Waals surface area contributed by atoms with Gasteiger partial charge < -0.3 is 15.0 Å². The second kappa shape index (κ2) is 6.24. The Morgan fingerprint density at radius 1 is 1.00 bits per heavy atom. The first kappa shape index (κ1) is 14.7. The molecule has 0 bridgehead atoms. The molecule has 0 radical (unpaired) electrons. The number of para-hydroxylation sites is 2. The first-order chi connectivity index (χ1) is 10.7. The fraction of sp³-hybridized carbons (Fsp3) is 0.263. The van der Waals surface area contributed by atoms with Gasteiger partial charge in [0, 0.05) is 28.8 Å². The number of anilines is 1. The molecule has 3 nitrogen and oxygen atoms in total. The maximum atomic E-state index is 10.4. The number of nitrogens with zero attached hydrogens (tertiary/aromatic N) is 1. The van der Waals surface area contributed by atoms with Crippen LogP contribution in [0.2, 0.25) is 0 Å². The average Bonchev–Trinajstić information content (AvgIpc) is 2.79. The van der Waals surface area contributed by atoms with Crippen LogP contribution in [0.5, 0.6) is 0 Å². The zero-order valence-electron chi connectivity index (χ0n) is 13.1. The number of aryl methyl sites for hydroxylation is 1. The fourth-order valence-corrected chi connectivity index (χ4v) is 2.91. The lowest BCUT2D eigenvalue weighted by Crippen LogP contribution is -2.25. The summed E-state index contributed by atoms with van der Waals surface area (Å²) in [6.45, 7) is 5.39. The molecule has 1 heterocycles. The lowest BCUT2D eigenvalue weighted by Gasteiger charge is -2.16. The summed E-state index contributed by atoms with van der Waals surface area (Å²) in [6.07, 6.45) is -0.436. The van der Waals surface area contributed by atoms with Crippen molar-refractivity contribution in [2.45, 2.75) is 26.5 Å². The van der Waals surface area contributed by atoms with Crippen LogP contribution in [0.1, 0.15) is 11.3 Å². The number of fused-ring (bicyclic) bond motifs is 1. The molecule has 3 aromatic rings. The van der Waals surface area contributed by atoms with E-state index in [4.69, 9.17) is 0 Å². The Hall–Kier alpha value is -2.26. The summed E-state index contributed by atoms with van der Waals surface area (Å²) < 4.78 is 2.21. The predicted molar refractivity (Wildman–Crippen MR) is 92.4 cm³/mol. The van der Waals surface area contributed by atoms with Crippen molar-refractivity contribution in [3.8, 4) is 0 Å². The molecular formula is C19H22N2O. The van der Waals surface area contributed by atoms with E-state index in [1.54, 1.807) is 0 Å². The van der Waals surface area contributed by atoms with Gasteiger partial charge in [-0.25, -0.2) is 0 Å². The molecule has 1 atom stereocenters. The summed E-state index contributed by atoms with van der Waals surface area (Å²) in [4.78, 5) is 0. The molecule has 0 unspecified atom stereocenters. The average molecular weight is 294 g/mol. The number of aliphatic hydroxyl groups excluding tert-OH is 1. The standard InChI is InChI=1S/C19H22N2O/c1-14-15(2)21(19-11-7-6-10-18(14)19)13-17(22)12-20-16-8-4-3-5-9-16/h3-11,17,20,22H,12-13H2,1-2H3/t17-/m0/s1. The van der Waals surface area contributed by atoms with Gasteiger partial charge in [-0.1, -0.05) is 36.4 Å². The SMILES string of the molecule is Cc1c(C)n(C[C@@H](O)CNc2ccccc2)c2ccccc12. The minimum Gasteiger partial charge on any atom is -0.389 e. The summed E-state index contributed by atoms with van der Waals surface area (Å²) in [7, 11) is 0. The van der Waals surface area contributed by atoms with Crippen LogP contribution in [0.15, 0.2) is 54.6 Å². The van der Waals surface area contributed by atoms with Crippen LogP contribution in [-0.2, 0) is 6.54 Å². The molecule has 0 aliphatic rings. The number of hydrogen-bond acceptors (Lipinski definition) is 2. The minimum absolute atomic E-state index is 0.436. The van der Waals surface area contributed by atoms with E-state index in [9.17, 15) is 5.11 Å². The van der Waals surface area contributed by atoms with Crippen molar-refractivity contribution >= 4 is 16.6 Å². The van der Waals surface area contributed by atoms with Crippen LogP contribution in [0.4, 0.5) is 5.69 Å². The molecule has 1 aromatic heterocycles. The van der Waals surface area contributed by atoms with Crippen LogP contribution in [0, 0.1) is 13.8 Å². The maximum Gasteiger partial charge on any atom is 0.0891 e. The van der Waals surface area contributed by atoms with Crippen LogP contribution < -0.4 is 5.32 Å². The zero-order chi connectivity index (χ0) is 15.5. The van der Waals surface area contributed by atoms with Gasteiger partial charge in [0.1, 0.15) is 0 Å². The third-order valence-electron chi connectivity index (χ3n) is 4.26. The maximum absolute atomic E-state index is 10.4. The molecular weight excluding hydrogens is 272 g/mol. The normalized spacial score (nSPS) is 12.5. The zero-order valence-corrected chi connectivity index (χ0v) is 13.1. The quantitative estimate of drug-likeness (QED) is 0.752. The first-order valence-corrected chi connectivity index (χ1v) is 7.68. The highest BCUT2D eigenvalue weighted by Crippen LogP contribution is 2.25. The fourth-order valence-electron chi connectivity index (χ4n) is 2.91. The van der Waals surface area contributed by atoms with Gasteiger partial charge in [-0.15, -0.1) is 0 Å². The minimum atomic E-state index is -0.436. The molecule has 3 heteroatoms. The van der Waals surface area contributed by atoms with E-state index >= 15 is 0 Å². The van der Waals surface area contributed by atoms with Gasteiger partial charge in [0.05, 0.1) is 12.6 Å². The number of benzene rings is 2. The van der Waals surface area contributed by atoms with Crippen molar-refractivity contribution in [1.82, 2.24) is 4.57 Å². The lowest BCUT2D eigenvalue weighted by atomic mass is 10.2. The molecule has 22 heavy (non-hydrogen) atoms. The number of nitrogens with one attached hydrogen (secondary N) is 1. The highest BCUT2D eigenvalue weighted by molar-refractivity contribution is 5.85. The van der Waals surface area contributed by atoms with Gasteiger partial charge in [-0.3, -0.25) is 0 Å². The highest BCUT2D eigenvalue weighted by atomic mass is 16.3. The number of aliphatic hydroxyl groups is 1. The Morgan fingerprint density at radius 2 is 1.68 bits per heavy atom. The van der Waals surface area contributed by atoms with Crippen molar-refractivity contribution in [2.75, 3.05) is 11.9 Å². The highest BCUT2D eigenvalue weighted by Gasteiger charge is 2.13. The molecule has 0 spiro atoms. The van der Waals surface area contributed by atoms with Crippen LogP contribution in [-0.4, -0.2) is 22.3 Å². The van der Waals surface area contributed by atoms with Gasteiger partial charge in [-0.2, -0.15) is 0 Å². The van der Waals surface area contributed by atoms with Gasteiger partial charge in [0.25, 0.3) is 0 Å². The Kier molecular flexibility index (Phi) is 4.16. The van der Waals surface area contributed by atoms with Gasteiger partial charge in [-0.05, 0) is 37.6 Å². The van der Waals surface area contributed by atoms with E-state index < -0.39 is 6.10 Å². The van der Waals surface area contributed by atoms with E-state index in [0.29, 0.717) is 13.1 Å². The van der Waals surface area contributed by atoms with Crippen molar-refractivity contribution in [3.63, 3.8) is 0 Å². The number of hydrogen-bond donors (Lipinski definition) is 2. The largest absolute Gasteiger partial charge is 0.389 e. The van der Waals surface area contributed by atoms with Crippen LogP contribution >= 0.6 is 0 Å². The monoisotopic (exact) mass is 294 g/mol. The van der Waals surface area contributed by atoms with E-state index in [2.05, 4.69) is 41.9 Å². The van der Waals surface area contributed by atoms with Crippen molar-refractivity contribution in [1.29, 1.82) is 0 Å². The lowest BCUT2D eigenvalue weighted by molar-refractivity contribution is 0.167. The van der Waals surface area contributed by atoms with Gasteiger partial charge >= 0.3 is 0 Å². The van der Waals surface area contributed by atoms with Crippen molar-refractivity contribution < 1.29 is 5.11 Å². The van der Waals surface area contributed by atoms with E-state index in [1.807, 2.05) is 36.4 Å². The Labute approximate surface area is 131 Å². The molecule has 0 saturated carbocycles. The third-order valence-corrected chi connectivity index (χ3v) is 4.26. The molecule has 0 aliphatic carbocycles. The summed E-state index contributed by atoms with van der Waals surface area (Å²) in [5.41, 5.74) is 4.74. The van der Waals surface area contributed by atoms with E-state index in [-0.39, 0.29) is 0 Å². The molecule has 0 amide bonds. The van der Waals surface area contributed by atoms with Gasteiger partial charge in [0.15, 0.2) is 0 Å². The Morgan fingerprint density at radius 3 is 2.45 bits per heavy atom. The second-order valence-electron chi connectivity index (χ2n) is 5.74. The summed E-state index contributed by atoms with van der Waals surface area (Å²) in [5, 5.41) is 14.9. The smallest absolute Gasteiger partial charge is 0.0891 e. The molecule has 0 aliphatic heterocycles. The second-order valence-corrected chi connectivity index (χ2v) is 5.74. The Bertz CT molecular complexity index is 762. The topological polar surface area (TPSA) is 37.2 Å². The van der Waals surface area contributed by atoms with Crippen molar-refractivity contribution in [2.24, 2.45) is 0 Å². The van der Waals surface area contributed by atoms with Crippen molar-refractivity contribution in [3.05, 3.63) is 65.9 Å². The first-order valence-electron chi connectivity index (χ1n) is 7.68. The van der Waals surface area contributed by atoms with Crippen LogP contribution in [0.3, 0.4) is 0 Å². The summed E-state index contributed by atoms with van der Waals surface area (Å²) in [6, 6.07) is 18.3. The van der Waals surface area contributed by atoms with E-state index in [0.717, 1.165) is 5.69 Å². The number of aromatic nitrogens is 1. The third kappa shape index (κ3) is 2.85. The molecule has 2 N–H and O–H groups in total. The summed E-state index contributed by atoms with van der Waals surface area (Å²) in [5.74, 6) is 0. The Balaban J connectivity index is 1.74. The van der Waals surface area contributed by atoms with Gasteiger partial charge in [0.2, 0.25) is 0 Å². The molecule has 2 aromatic carbocycles. The predicted octanol–water partition coefficient (Wildman–Crippen LogP) is 3.73.